The molecule has 2 nitrogen and oxygen atoms in total. The fourth-order valence-corrected chi connectivity index (χ4v) is 1.78. The predicted molar refractivity (Wildman–Crippen MR) is 67.8 cm³/mol. The summed E-state index contributed by atoms with van der Waals surface area (Å²) in [6.07, 6.45) is 7.08. The summed E-state index contributed by atoms with van der Waals surface area (Å²) in [5.74, 6) is 0.712. The molecule has 1 aliphatic carbocycles. The van der Waals surface area contributed by atoms with Crippen LogP contribution < -0.4 is 5.73 Å². The van der Waals surface area contributed by atoms with E-state index in [2.05, 4.69) is 18.0 Å². The van der Waals surface area contributed by atoms with E-state index in [4.69, 9.17) is 5.73 Å². The van der Waals surface area contributed by atoms with Gasteiger partial charge in [-0.2, -0.15) is 0 Å². The van der Waals surface area contributed by atoms with Gasteiger partial charge in [-0.3, -0.25) is 4.98 Å². The smallest absolute Gasteiger partial charge is 0.0299 e. The molecule has 0 amide bonds. The molecule has 2 atom stereocenters. The van der Waals surface area contributed by atoms with Crippen LogP contribution in [0.15, 0.2) is 24.5 Å². The lowest BCUT2D eigenvalue weighted by Gasteiger charge is -2.08. The molecule has 1 heterocycles. The molecule has 0 saturated heterocycles. The molecule has 0 bridgehead atoms. The number of hydrogen-bond donors (Lipinski definition) is 1. The number of nitrogens with zero attached hydrogens (tertiary/aromatic N) is 1. The zero-order valence-corrected chi connectivity index (χ0v) is 10.5. The van der Waals surface area contributed by atoms with Crippen molar-refractivity contribution in [3.05, 3.63) is 30.1 Å². The third-order valence-electron chi connectivity index (χ3n) is 3.11. The van der Waals surface area contributed by atoms with Crippen LogP contribution in [0, 0.1) is 5.92 Å². The van der Waals surface area contributed by atoms with Gasteiger partial charge in [0.25, 0.3) is 0 Å². The maximum Gasteiger partial charge on any atom is 0.0299 e. The van der Waals surface area contributed by atoms with Gasteiger partial charge in [0.2, 0.25) is 0 Å². The van der Waals surface area contributed by atoms with Crippen molar-refractivity contribution in [1.29, 1.82) is 0 Å². The zero-order valence-electron chi connectivity index (χ0n) is 8.85. The van der Waals surface area contributed by atoms with Gasteiger partial charge in [-0.1, -0.05) is 13.0 Å². The fourth-order valence-electron chi connectivity index (χ4n) is 1.78. The largest absolute Gasteiger partial charge is 0.325 e. The molecule has 1 fully saturated rings. The summed E-state index contributed by atoms with van der Waals surface area (Å²) < 4.78 is 0. The maximum atomic E-state index is 6.12. The van der Waals surface area contributed by atoms with Crippen molar-refractivity contribution in [2.45, 2.75) is 31.7 Å². The minimum atomic E-state index is 0. The molecule has 0 radical (unpaired) electrons. The first-order valence-electron chi connectivity index (χ1n) is 4.88. The SMILES string of the molecule is CC1CC1(N)CCc1cccnc1.Cl.Cl. The third-order valence-corrected chi connectivity index (χ3v) is 3.11. The maximum absolute atomic E-state index is 6.12. The number of aryl methyl sites for hydroxylation is 1. The van der Waals surface area contributed by atoms with Crippen molar-refractivity contribution in [2.75, 3.05) is 0 Å². The molecule has 4 heteroatoms. The van der Waals surface area contributed by atoms with Gasteiger partial charge >= 0.3 is 0 Å². The van der Waals surface area contributed by atoms with Gasteiger partial charge in [-0.15, -0.1) is 24.8 Å². The van der Waals surface area contributed by atoms with Crippen LogP contribution in [0.5, 0.6) is 0 Å². The minimum Gasteiger partial charge on any atom is -0.325 e. The molecule has 0 spiro atoms. The fraction of sp³-hybridized carbons (Fsp3) is 0.545. The van der Waals surface area contributed by atoms with E-state index >= 15 is 0 Å². The summed E-state index contributed by atoms with van der Waals surface area (Å²) in [5, 5.41) is 0. The molecule has 0 aromatic carbocycles. The molecule has 0 aliphatic heterocycles. The van der Waals surface area contributed by atoms with Crippen LogP contribution >= 0.6 is 24.8 Å². The molecule has 1 saturated carbocycles. The van der Waals surface area contributed by atoms with E-state index in [-0.39, 0.29) is 30.4 Å². The number of halogens is 2. The van der Waals surface area contributed by atoms with Crippen LogP contribution in [0.25, 0.3) is 0 Å². The highest BCUT2D eigenvalue weighted by Crippen LogP contribution is 2.43. The monoisotopic (exact) mass is 248 g/mol. The Kier molecular flexibility index (Phi) is 5.57. The van der Waals surface area contributed by atoms with Crippen molar-refractivity contribution < 1.29 is 0 Å². The Labute approximate surface area is 103 Å². The van der Waals surface area contributed by atoms with Crippen molar-refractivity contribution in [1.82, 2.24) is 4.98 Å². The molecular weight excluding hydrogens is 231 g/mol. The van der Waals surface area contributed by atoms with E-state index in [0.717, 1.165) is 12.8 Å². The highest BCUT2D eigenvalue weighted by molar-refractivity contribution is 5.85. The summed E-state index contributed by atoms with van der Waals surface area (Å²) in [7, 11) is 0. The van der Waals surface area contributed by atoms with Crippen LogP contribution in [0.2, 0.25) is 0 Å². The lowest BCUT2D eigenvalue weighted by molar-refractivity contribution is 0.564. The number of nitrogens with two attached hydrogens (primary N) is 1. The summed E-state index contributed by atoms with van der Waals surface area (Å²) in [5.41, 5.74) is 7.55. The van der Waals surface area contributed by atoms with E-state index in [1.165, 1.54) is 12.0 Å². The van der Waals surface area contributed by atoms with Gasteiger partial charge in [-0.05, 0) is 36.8 Å². The van der Waals surface area contributed by atoms with Crippen molar-refractivity contribution >= 4 is 24.8 Å². The summed E-state index contributed by atoms with van der Waals surface area (Å²) in [6, 6.07) is 4.10. The molecule has 2 unspecified atom stereocenters. The molecule has 2 N–H and O–H groups in total. The van der Waals surface area contributed by atoms with Crippen LogP contribution in [0.3, 0.4) is 0 Å². The average Bonchev–Trinajstić information content (AvgIpc) is 2.74. The van der Waals surface area contributed by atoms with Gasteiger partial charge in [0.15, 0.2) is 0 Å². The molecule has 2 rings (SSSR count). The van der Waals surface area contributed by atoms with Gasteiger partial charge in [0.05, 0.1) is 0 Å². The first-order chi connectivity index (χ1) is 6.21. The van der Waals surface area contributed by atoms with Crippen molar-refractivity contribution in [2.24, 2.45) is 11.7 Å². The quantitative estimate of drug-likeness (QED) is 0.894. The molecule has 1 aromatic rings. The Bertz CT molecular complexity index is 292. The topological polar surface area (TPSA) is 38.9 Å². The lowest BCUT2D eigenvalue weighted by Crippen LogP contribution is -2.24. The van der Waals surface area contributed by atoms with Crippen molar-refractivity contribution in [3.8, 4) is 0 Å². The average molecular weight is 249 g/mol. The number of pyridine rings is 1. The van der Waals surface area contributed by atoms with Gasteiger partial charge in [0, 0.05) is 17.9 Å². The third kappa shape index (κ3) is 3.63. The van der Waals surface area contributed by atoms with Crippen LogP contribution in [-0.2, 0) is 6.42 Å². The van der Waals surface area contributed by atoms with Crippen molar-refractivity contribution in [3.63, 3.8) is 0 Å². The molecule has 1 aromatic heterocycles. The Balaban J connectivity index is 0.000000980. The van der Waals surface area contributed by atoms with E-state index in [1.807, 2.05) is 18.5 Å². The first kappa shape index (κ1) is 14.7. The van der Waals surface area contributed by atoms with E-state index in [9.17, 15) is 0 Å². The highest BCUT2D eigenvalue weighted by Gasteiger charge is 2.46. The lowest BCUT2D eigenvalue weighted by atomic mass is 10.0. The normalized spacial score (nSPS) is 27.5. The Morgan fingerprint density at radius 2 is 2.20 bits per heavy atom. The van der Waals surface area contributed by atoms with E-state index < -0.39 is 0 Å². The highest BCUT2D eigenvalue weighted by atomic mass is 35.5. The Hall–Kier alpha value is -0.310. The van der Waals surface area contributed by atoms with Gasteiger partial charge < -0.3 is 5.73 Å². The molecule has 1 aliphatic rings. The minimum absolute atomic E-state index is 0. The van der Waals surface area contributed by atoms with Crippen LogP contribution in [0.4, 0.5) is 0 Å². The Morgan fingerprint density at radius 3 is 2.67 bits per heavy atom. The predicted octanol–water partition coefficient (Wildman–Crippen LogP) is 2.60. The number of aromatic nitrogens is 1. The summed E-state index contributed by atoms with van der Waals surface area (Å²) in [6.45, 7) is 2.23. The standard InChI is InChI=1S/C11H16N2.2ClH/c1-9-7-11(9,12)5-4-10-3-2-6-13-8-10;;/h2-3,6,8-9H,4-5,7,12H2,1H3;2*1H. The second-order valence-corrected chi connectivity index (χ2v) is 4.20. The summed E-state index contributed by atoms with van der Waals surface area (Å²) >= 11 is 0. The van der Waals surface area contributed by atoms with E-state index in [0.29, 0.717) is 5.92 Å². The first-order valence-corrected chi connectivity index (χ1v) is 4.88. The zero-order chi connectivity index (χ0) is 9.31. The van der Waals surface area contributed by atoms with Crippen LogP contribution in [0.1, 0.15) is 25.3 Å². The second kappa shape index (κ2) is 5.69. The molecular formula is C11H18Cl2N2. The number of hydrogen-bond acceptors (Lipinski definition) is 2. The second-order valence-electron chi connectivity index (χ2n) is 4.20. The van der Waals surface area contributed by atoms with Gasteiger partial charge in [0.1, 0.15) is 0 Å². The van der Waals surface area contributed by atoms with E-state index in [1.54, 1.807) is 0 Å². The summed E-state index contributed by atoms with van der Waals surface area (Å²) in [4.78, 5) is 4.08. The van der Waals surface area contributed by atoms with Gasteiger partial charge in [-0.25, -0.2) is 0 Å². The van der Waals surface area contributed by atoms with Crippen LogP contribution in [-0.4, -0.2) is 10.5 Å². The molecule has 15 heavy (non-hydrogen) atoms. The number of rotatable bonds is 3. The Morgan fingerprint density at radius 1 is 1.53 bits per heavy atom. The molecule has 86 valence electrons.